The van der Waals surface area contributed by atoms with Crippen molar-refractivity contribution in [2.24, 2.45) is 5.73 Å². The molecule has 0 atom stereocenters. The molecule has 3 aromatic rings. The van der Waals surface area contributed by atoms with Crippen molar-refractivity contribution in [1.82, 2.24) is 15.2 Å². The fourth-order valence-electron chi connectivity index (χ4n) is 2.72. The van der Waals surface area contributed by atoms with Crippen LogP contribution in [0, 0.1) is 5.82 Å². The molecular weight excluding hydrogens is 381 g/mol. The number of anilines is 1. The van der Waals surface area contributed by atoms with Gasteiger partial charge in [-0.1, -0.05) is 25.4 Å². The summed E-state index contributed by atoms with van der Waals surface area (Å²) >= 11 is 6.24. The molecule has 6 nitrogen and oxygen atoms in total. The standard InChI is InChI=1S/C20H19ClFN5O/c1-20(2,18-14(21)4-3-9-24-18)11-25-17-8-7-16(26-27-17)13-10-12(19(23)28)5-6-15(13)22/h3-10H,11H2,1-2H3,(H2,23,28)(H,25,27). The van der Waals surface area contributed by atoms with Gasteiger partial charge in [-0.3, -0.25) is 9.78 Å². The summed E-state index contributed by atoms with van der Waals surface area (Å²) in [6.45, 7) is 4.55. The Bertz CT molecular complexity index is 1010. The lowest BCUT2D eigenvalue weighted by Gasteiger charge is -2.25. The van der Waals surface area contributed by atoms with E-state index in [1.54, 1.807) is 30.5 Å². The molecule has 0 bridgehead atoms. The summed E-state index contributed by atoms with van der Waals surface area (Å²) in [5, 5.41) is 11.9. The molecule has 0 aliphatic carbocycles. The van der Waals surface area contributed by atoms with Crippen LogP contribution in [-0.2, 0) is 5.41 Å². The molecule has 0 spiro atoms. The van der Waals surface area contributed by atoms with Gasteiger partial charge in [0.25, 0.3) is 0 Å². The maximum Gasteiger partial charge on any atom is 0.248 e. The van der Waals surface area contributed by atoms with Gasteiger partial charge in [-0.05, 0) is 42.5 Å². The number of benzene rings is 1. The van der Waals surface area contributed by atoms with E-state index in [0.29, 0.717) is 23.1 Å². The second-order valence-electron chi connectivity index (χ2n) is 6.93. The van der Waals surface area contributed by atoms with E-state index in [1.165, 1.54) is 18.2 Å². The molecule has 1 aromatic carbocycles. The molecule has 0 unspecified atom stereocenters. The fraction of sp³-hybridized carbons (Fsp3) is 0.200. The average Bonchev–Trinajstić information content (AvgIpc) is 2.67. The highest BCUT2D eigenvalue weighted by Crippen LogP contribution is 2.28. The van der Waals surface area contributed by atoms with Gasteiger partial charge < -0.3 is 11.1 Å². The smallest absolute Gasteiger partial charge is 0.248 e. The molecule has 0 aliphatic rings. The molecule has 2 aromatic heterocycles. The monoisotopic (exact) mass is 399 g/mol. The van der Waals surface area contributed by atoms with Crippen LogP contribution in [0.15, 0.2) is 48.7 Å². The third-order valence-electron chi connectivity index (χ3n) is 4.30. The molecule has 2 heterocycles. The van der Waals surface area contributed by atoms with Gasteiger partial charge in [-0.25, -0.2) is 4.39 Å². The minimum atomic E-state index is -0.636. The van der Waals surface area contributed by atoms with Crippen LogP contribution < -0.4 is 11.1 Å². The highest BCUT2D eigenvalue weighted by atomic mass is 35.5. The molecule has 28 heavy (non-hydrogen) atoms. The molecule has 3 rings (SSSR count). The Morgan fingerprint density at radius 1 is 1.21 bits per heavy atom. The second-order valence-corrected chi connectivity index (χ2v) is 7.34. The van der Waals surface area contributed by atoms with E-state index < -0.39 is 11.7 Å². The molecule has 0 saturated carbocycles. The van der Waals surface area contributed by atoms with Crippen LogP contribution in [0.3, 0.4) is 0 Å². The molecule has 0 radical (unpaired) electrons. The molecule has 0 aliphatic heterocycles. The number of aromatic nitrogens is 3. The molecule has 1 amide bonds. The predicted octanol–water partition coefficient (Wildman–Crippen LogP) is 3.82. The second kappa shape index (κ2) is 7.90. The number of nitrogens with zero attached hydrogens (tertiary/aromatic N) is 3. The summed E-state index contributed by atoms with van der Waals surface area (Å²) in [6, 6.07) is 10.8. The number of hydrogen-bond acceptors (Lipinski definition) is 5. The van der Waals surface area contributed by atoms with Gasteiger partial charge in [0.2, 0.25) is 5.91 Å². The van der Waals surface area contributed by atoms with E-state index >= 15 is 0 Å². The fourth-order valence-corrected chi connectivity index (χ4v) is 3.10. The van der Waals surface area contributed by atoms with Crippen molar-refractivity contribution in [2.45, 2.75) is 19.3 Å². The number of carbonyl (C=O) groups is 1. The van der Waals surface area contributed by atoms with Crippen molar-refractivity contribution in [2.75, 3.05) is 11.9 Å². The highest BCUT2D eigenvalue weighted by Gasteiger charge is 2.24. The maximum atomic E-state index is 14.1. The van der Waals surface area contributed by atoms with Gasteiger partial charge >= 0.3 is 0 Å². The van der Waals surface area contributed by atoms with Crippen LogP contribution in [0.2, 0.25) is 5.02 Å². The van der Waals surface area contributed by atoms with E-state index in [9.17, 15) is 9.18 Å². The summed E-state index contributed by atoms with van der Waals surface area (Å²) in [5.74, 6) is -0.621. The lowest BCUT2D eigenvalue weighted by molar-refractivity contribution is 0.100. The normalized spacial score (nSPS) is 11.3. The number of carbonyl (C=O) groups excluding carboxylic acids is 1. The highest BCUT2D eigenvalue weighted by molar-refractivity contribution is 6.31. The maximum absolute atomic E-state index is 14.1. The number of pyridine rings is 1. The van der Waals surface area contributed by atoms with Crippen molar-refractivity contribution in [1.29, 1.82) is 0 Å². The molecule has 144 valence electrons. The van der Waals surface area contributed by atoms with Crippen molar-refractivity contribution in [3.63, 3.8) is 0 Å². The van der Waals surface area contributed by atoms with Crippen LogP contribution >= 0.6 is 11.6 Å². The molecule has 3 N–H and O–H groups in total. The van der Waals surface area contributed by atoms with Crippen molar-refractivity contribution in [3.05, 3.63) is 70.8 Å². The van der Waals surface area contributed by atoms with Crippen molar-refractivity contribution >= 4 is 23.3 Å². The lowest BCUT2D eigenvalue weighted by Crippen LogP contribution is -2.29. The van der Waals surface area contributed by atoms with Crippen LogP contribution in [0.4, 0.5) is 10.2 Å². The Morgan fingerprint density at radius 2 is 2.00 bits per heavy atom. The average molecular weight is 400 g/mol. The van der Waals surface area contributed by atoms with Crippen LogP contribution in [0.1, 0.15) is 29.9 Å². The molecular formula is C20H19ClFN5O. The Morgan fingerprint density at radius 3 is 2.64 bits per heavy atom. The van der Waals surface area contributed by atoms with E-state index in [-0.39, 0.29) is 16.5 Å². The van der Waals surface area contributed by atoms with Crippen molar-refractivity contribution < 1.29 is 9.18 Å². The summed E-state index contributed by atoms with van der Waals surface area (Å²) in [5.41, 5.74) is 6.35. The SMILES string of the molecule is CC(C)(CNc1ccc(-c2cc(C(N)=O)ccc2F)nn1)c1ncccc1Cl. The van der Waals surface area contributed by atoms with E-state index in [1.807, 2.05) is 13.8 Å². The summed E-state index contributed by atoms with van der Waals surface area (Å²) in [6.07, 6.45) is 1.70. The molecule has 0 fully saturated rings. The number of halogens is 2. The van der Waals surface area contributed by atoms with Gasteiger partial charge in [-0.2, -0.15) is 0 Å². The first-order chi connectivity index (χ1) is 13.3. The third-order valence-corrected chi connectivity index (χ3v) is 4.61. The number of nitrogens with one attached hydrogen (secondary N) is 1. The van der Waals surface area contributed by atoms with Crippen LogP contribution in [0.5, 0.6) is 0 Å². The number of rotatable bonds is 6. The third kappa shape index (κ3) is 4.26. The minimum absolute atomic E-state index is 0.163. The van der Waals surface area contributed by atoms with E-state index in [4.69, 9.17) is 17.3 Å². The number of amides is 1. The first-order valence-corrected chi connectivity index (χ1v) is 8.94. The quantitative estimate of drug-likeness (QED) is 0.657. The Hall–Kier alpha value is -3.06. The number of primary amides is 1. The minimum Gasteiger partial charge on any atom is -0.368 e. The number of nitrogens with two attached hydrogens (primary N) is 1. The first kappa shape index (κ1) is 19.7. The van der Waals surface area contributed by atoms with E-state index in [0.717, 1.165) is 5.69 Å². The summed E-state index contributed by atoms with van der Waals surface area (Å²) in [4.78, 5) is 15.7. The van der Waals surface area contributed by atoms with Gasteiger partial charge in [0, 0.05) is 29.3 Å². The Labute approximate surface area is 167 Å². The van der Waals surface area contributed by atoms with E-state index in [2.05, 4.69) is 20.5 Å². The van der Waals surface area contributed by atoms with Gasteiger partial charge in [0.15, 0.2) is 0 Å². The molecule has 0 saturated heterocycles. The summed E-state index contributed by atoms with van der Waals surface area (Å²) in [7, 11) is 0. The Kier molecular flexibility index (Phi) is 5.56. The zero-order valence-electron chi connectivity index (χ0n) is 15.4. The predicted molar refractivity (Wildman–Crippen MR) is 107 cm³/mol. The van der Waals surface area contributed by atoms with Gasteiger partial charge in [-0.15, -0.1) is 10.2 Å². The van der Waals surface area contributed by atoms with Crippen LogP contribution in [0.25, 0.3) is 11.3 Å². The Balaban J connectivity index is 1.76. The largest absolute Gasteiger partial charge is 0.368 e. The summed E-state index contributed by atoms with van der Waals surface area (Å²) < 4.78 is 14.1. The van der Waals surface area contributed by atoms with Crippen LogP contribution in [-0.4, -0.2) is 27.6 Å². The van der Waals surface area contributed by atoms with Gasteiger partial charge in [0.1, 0.15) is 11.6 Å². The van der Waals surface area contributed by atoms with Gasteiger partial charge in [0.05, 0.1) is 16.4 Å². The van der Waals surface area contributed by atoms with Crippen molar-refractivity contribution in [3.8, 4) is 11.3 Å². The lowest BCUT2D eigenvalue weighted by atomic mass is 9.88. The topological polar surface area (TPSA) is 93.8 Å². The zero-order valence-corrected chi connectivity index (χ0v) is 16.2. The zero-order chi connectivity index (χ0) is 20.3. The molecule has 8 heteroatoms. The first-order valence-electron chi connectivity index (χ1n) is 8.56. The number of hydrogen-bond donors (Lipinski definition) is 2.